The number of carbonyl (C=O) groups excluding carboxylic acids is 1. The number of quaternary nitrogens is 1. The first kappa shape index (κ1) is 21.1. The largest absolute Gasteiger partial charge is 0.497 e. The van der Waals surface area contributed by atoms with Gasteiger partial charge in [-0.15, -0.1) is 0 Å². The molecule has 0 aromatic heterocycles. The first-order valence-corrected chi connectivity index (χ1v) is 10.2. The molecule has 0 bridgehead atoms. The van der Waals surface area contributed by atoms with E-state index in [4.69, 9.17) is 39.5 Å². The molecular weight excluding hydrogens is 421 g/mol. The van der Waals surface area contributed by atoms with E-state index in [-0.39, 0.29) is 5.91 Å². The molecule has 1 atom stereocenters. The van der Waals surface area contributed by atoms with E-state index in [1.54, 1.807) is 31.4 Å². The Labute approximate surface area is 180 Å². The van der Waals surface area contributed by atoms with Crippen LogP contribution >= 0.6 is 34.8 Å². The zero-order valence-corrected chi connectivity index (χ0v) is 17.8. The number of alkyl halides is 3. The zero-order valence-electron chi connectivity index (χ0n) is 15.5. The van der Waals surface area contributed by atoms with E-state index < -0.39 is 9.96 Å². The number of anilines is 1. The Bertz CT molecular complexity index is 774. The molecular formula is C20H23Cl3N3O2+. The van der Waals surface area contributed by atoms with Gasteiger partial charge in [0.05, 0.1) is 33.3 Å². The van der Waals surface area contributed by atoms with Crippen LogP contribution in [0.25, 0.3) is 0 Å². The summed E-state index contributed by atoms with van der Waals surface area (Å²) in [7, 11) is 1.58. The van der Waals surface area contributed by atoms with E-state index in [0.717, 1.165) is 31.1 Å². The van der Waals surface area contributed by atoms with Crippen molar-refractivity contribution in [2.24, 2.45) is 0 Å². The number of hydrogen-bond acceptors (Lipinski definition) is 3. The molecule has 5 nitrogen and oxygen atoms in total. The van der Waals surface area contributed by atoms with E-state index in [0.29, 0.717) is 11.3 Å². The van der Waals surface area contributed by atoms with Crippen molar-refractivity contribution < 1.29 is 14.4 Å². The quantitative estimate of drug-likeness (QED) is 0.698. The number of ether oxygens (including phenoxy) is 1. The fourth-order valence-corrected chi connectivity index (χ4v) is 3.98. The molecule has 2 aromatic carbocycles. The lowest BCUT2D eigenvalue weighted by Crippen LogP contribution is -3.21. The maximum atomic E-state index is 12.7. The molecule has 0 aliphatic carbocycles. The molecule has 28 heavy (non-hydrogen) atoms. The van der Waals surface area contributed by atoms with Crippen LogP contribution in [-0.2, 0) is 0 Å². The minimum Gasteiger partial charge on any atom is -0.497 e. The van der Waals surface area contributed by atoms with Crippen LogP contribution in [0.4, 0.5) is 5.69 Å². The van der Waals surface area contributed by atoms with Gasteiger partial charge in [0.1, 0.15) is 5.75 Å². The van der Waals surface area contributed by atoms with Crippen molar-refractivity contribution in [3.05, 3.63) is 60.2 Å². The molecule has 150 valence electrons. The number of hydrogen-bond donors (Lipinski definition) is 2. The van der Waals surface area contributed by atoms with Gasteiger partial charge in [-0.3, -0.25) is 10.1 Å². The van der Waals surface area contributed by atoms with Crippen LogP contribution in [0, 0.1) is 0 Å². The number of methoxy groups -OCH3 is 1. The highest BCUT2D eigenvalue weighted by atomic mass is 35.6. The van der Waals surface area contributed by atoms with E-state index in [9.17, 15) is 4.79 Å². The molecule has 2 N–H and O–H groups in total. The highest BCUT2D eigenvalue weighted by Crippen LogP contribution is 2.28. The van der Waals surface area contributed by atoms with Crippen molar-refractivity contribution in [2.75, 3.05) is 38.2 Å². The Hall–Kier alpha value is -1.66. The fraction of sp³-hybridized carbons (Fsp3) is 0.350. The average Bonchev–Trinajstić information content (AvgIpc) is 2.72. The Morgan fingerprint density at radius 1 is 1.07 bits per heavy atom. The number of rotatable bonds is 5. The summed E-state index contributed by atoms with van der Waals surface area (Å²) < 4.78 is 3.50. The third-order valence-electron chi connectivity index (χ3n) is 4.89. The zero-order chi connectivity index (χ0) is 20.1. The van der Waals surface area contributed by atoms with Gasteiger partial charge in [0.25, 0.3) is 9.70 Å². The maximum absolute atomic E-state index is 12.7. The first-order valence-electron chi connectivity index (χ1n) is 9.04. The lowest BCUT2D eigenvalue weighted by Gasteiger charge is -2.39. The summed E-state index contributed by atoms with van der Waals surface area (Å²) in [5.41, 5.74) is 1.66. The Balaban J connectivity index is 1.66. The molecule has 1 heterocycles. The summed E-state index contributed by atoms with van der Waals surface area (Å²) in [6, 6.07) is 17.0. The van der Waals surface area contributed by atoms with E-state index in [1.807, 2.05) is 18.2 Å². The second-order valence-corrected chi connectivity index (χ2v) is 9.03. The van der Waals surface area contributed by atoms with Crippen molar-refractivity contribution >= 4 is 46.4 Å². The van der Waals surface area contributed by atoms with Crippen molar-refractivity contribution in [1.82, 2.24) is 5.32 Å². The number of para-hydroxylation sites is 1. The summed E-state index contributed by atoms with van der Waals surface area (Å²) in [5, 5.41) is 2.90. The number of carbonyl (C=O) groups is 1. The SMILES string of the molecule is COc1ccc(C(=O)N[C@H]([NH+]2CCN(c3ccccc3)CC2)C(Cl)(Cl)Cl)cc1. The highest BCUT2D eigenvalue weighted by molar-refractivity contribution is 6.68. The molecule has 1 aliphatic heterocycles. The summed E-state index contributed by atoms with van der Waals surface area (Å²) in [4.78, 5) is 16.0. The predicted molar refractivity (Wildman–Crippen MR) is 114 cm³/mol. The predicted octanol–water partition coefficient (Wildman–Crippen LogP) is 2.53. The second-order valence-electron chi connectivity index (χ2n) is 6.66. The van der Waals surface area contributed by atoms with Gasteiger partial charge in [-0.05, 0) is 36.4 Å². The first-order chi connectivity index (χ1) is 13.4. The van der Waals surface area contributed by atoms with E-state index >= 15 is 0 Å². The molecule has 0 spiro atoms. The molecule has 0 saturated carbocycles. The van der Waals surface area contributed by atoms with Gasteiger partial charge in [-0.1, -0.05) is 53.0 Å². The van der Waals surface area contributed by atoms with E-state index in [1.165, 1.54) is 5.69 Å². The molecule has 1 fully saturated rings. The van der Waals surface area contributed by atoms with Gasteiger partial charge >= 0.3 is 0 Å². The summed E-state index contributed by atoms with van der Waals surface area (Å²) in [5.74, 6) is 0.397. The monoisotopic (exact) mass is 442 g/mol. The molecule has 1 aliphatic rings. The average molecular weight is 444 g/mol. The molecule has 2 aromatic rings. The van der Waals surface area contributed by atoms with Crippen LogP contribution in [0.1, 0.15) is 10.4 Å². The van der Waals surface area contributed by atoms with Crippen LogP contribution < -0.4 is 19.9 Å². The van der Waals surface area contributed by atoms with Crippen LogP contribution in [0.5, 0.6) is 5.75 Å². The van der Waals surface area contributed by atoms with Crippen molar-refractivity contribution in [1.29, 1.82) is 0 Å². The molecule has 0 radical (unpaired) electrons. The Morgan fingerprint density at radius 2 is 1.68 bits per heavy atom. The summed E-state index contributed by atoms with van der Waals surface area (Å²) in [6.45, 7) is 3.12. The van der Waals surface area contributed by atoms with Gasteiger partial charge in [-0.2, -0.15) is 0 Å². The maximum Gasteiger partial charge on any atom is 0.262 e. The Kier molecular flexibility index (Phi) is 6.94. The standard InChI is InChI=1S/C20H22Cl3N3O2/c1-28-17-9-7-15(8-10-17)18(27)24-19(20(21,22)23)26-13-11-25(12-14-26)16-5-3-2-4-6-16/h2-10,19H,11-14H2,1H3,(H,24,27)/p+1/t19-/m1/s1. The van der Waals surface area contributed by atoms with Gasteiger partial charge in [0.2, 0.25) is 6.17 Å². The van der Waals surface area contributed by atoms with E-state index in [2.05, 4.69) is 22.3 Å². The minimum atomic E-state index is -1.62. The van der Waals surface area contributed by atoms with Crippen LogP contribution in [0.2, 0.25) is 0 Å². The number of amides is 1. The van der Waals surface area contributed by atoms with Crippen molar-refractivity contribution in [3.63, 3.8) is 0 Å². The third-order valence-corrected chi connectivity index (χ3v) is 5.54. The number of halogens is 3. The Morgan fingerprint density at radius 3 is 2.21 bits per heavy atom. The summed E-state index contributed by atoms with van der Waals surface area (Å²) >= 11 is 18.7. The lowest BCUT2D eigenvalue weighted by atomic mass is 10.2. The van der Waals surface area contributed by atoms with Crippen LogP contribution in [-0.4, -0.2) is 49.2 Å². The molecule has 3 rings (SSSR count). The minimum absolute atomic E-state index is 0.281. The molecule has 1 amide bonds. The number of piperazine rings is 1. The van der Waals surface area contributed by atoms with Gasteiger partial charge in [0.15, 0.2) is 0 Å². The van der Waals surface area contributed by atoms with Gasteiger partial charge in [-0.25, -0.2) is 0 Å². The fourth-order valence-electron chi connectivity index (χ4n) is 3.35. The summed E-state index contributed by atoms with van der Waals surface area (Å²) in [6.07, 6.45) is -0.648. The van der Waals surface area contributed by atoms with Crippen LogP contribution in [0.3, 0.4) is 0 Å². The topological polar surface area (TPSA) is 46.0 Å². The number of nitrogens with one attached hydrogen (secondary N) is 2. The normalized spacial score (nSPS) is 16.5. The molecule has 8 heteroatoms. The second kappa shape index (κ2) is 9.23. The van der Waals surface area contributed by atoms with Crippen LogP contribution in [0.15, 0.2) is 54.6 Å². The number of nitrogens with zero attached hydrogens (tertiary/aromatic N) is 1. The smallest absolute Gasteiger partial charge is 0.262 e. The van der Waals surface area contributed by atoms with Gasteiger partial charge < -0.3 is 14.5 Å². The molecule has 1 saturated heterocycles. The number of benzene rings is 2. The van der Waals surface area contributed by atoms with Crippen molar-refractivity contribution in [3.8, 4) is 5.75 Å². The van der Waals surface area contributed by atoms with Crippen molar-refractivity contribution in [2.45, 2.75) is 9.96 Å². The highest BCUT2D eigenvalue weighted by Gasteiger charge is 2.43. The molecule has 0 unspecified atom stereocenters. The third kappa shape index (κ3) is 5.23. The van der Waals surface area contributed by atoms with Gasteiger partial charge in [0, 0.05) is 11.3 Å². The lowest BCUT2D eigenvalue weighted by molar-refractivity contribution is -0.927.